The van der Waals surface area contributed by atoms with E-state index >= 15 is 0 Å². The third-order valence-corrected chi connectivity index (χ3v) is 3.38. The monoisotopic (exact) mass is 225 g/mol. The summed E-state index contributed by atoms with van der Waals surface area (Å²) in [6.45, 7) is 6.54. The Hall–Kier alpha value is -0.700. The molecule has 0 aliphatic carbocycles. The smallest absolute Gasteiger partial charge is 0.217 e. The first-order chi connectivity index (χ1) is 7.15. The van der Waals surface area contributed by atoms with Crippen LogP contribution in [0.1, 0.15) is 37.8 Å². The molecular formula is C12H19NOS. The summed E-state index contributed by atoms with van der Waals surface area (Å²) in [5.74, 6) is 1.28. The molecule has 0 spiro atoms. The molecule has 3 heteroatoms. The van der Waals surface area contributed by atoms with Crippen LogP contribution in [0.2, 0.25) is 0 Å². The molecule has 0 radical (unpaired) electrons. The molecule has 0 aromatic carbocycles. The largest absolute Gasteiger partial charge is 0.481 e. The minimum Gasteiger partial charge on any atom is -0.481 e. The number of ether oxygens (including phenoxy) is 1. The average Bonchev–Trinajstić information content (AvgIpc) is 2.26. The van der Waals surface area contributed by atoms with E-state index in [1.54, 1.807) is 18.9 Å². The predicted octanol–water partition coefficient (Wildman–Crippen LogP) is 3.50. The van der Waals surface area contributed by atoms with E-state index in [9.17, 15) is 0 Å². The summed E-state index contributed by atoms with van der Waals surface area (Å²) >= 11 is 1.78. The molecule has 0 amide bonds. The fourth-order valence-corrected chi connectivity index (χ4v) is 2.68. The Balaban J connectivity index is 3.34. The Labute approximate surface area is 96.4 Å². The number of hydrogen-bond acceptors (Lipinski definition) is 3. The van der Waals surface area contributed by atoms with Gasteiger partial charge in [0.2, 0.25) is 5.88 Å². The third kappa shape index (κ3) is 2.46. The second-order valence-electron chi connectivity index (χ2n) is 3.74. The third-order valence-electron chi connectivity index (χ3n) is 2.49. The van der Waals surface area contributed by atoms with Gasteiger partial charge in [-0.25, -0.2) is 4.98 Å². The molecule has 0 aliphatic heterocycles. The summed E-state index contributed by atoms with van der Waals surface area (Å²) in [5, 5.41) is 0. The van der Waals surface area contributed by atoms with Gasteiger partial charge in [-0.3, -0.25) is 0 Å². The highest BCUT2D eigenvalue weighted by molar-refractivity contribution is 7.98. The van der Waals surface area contributed by atoms with Crippen LogP contribution in [-0.2, 0) is 6.42 Å². The lowest BCUT2D eigenvalue weighted by Crippen LogP contribution is -2.01. The molecule has 0 unspecified atom stereocenters. The van der Waals surface area contributed by atoms with E-state index in [4.69, 9.17) is 4.74 Å². The van der Waals surface area contributed by atoms with E-state index in [0.29, 0.717) is 5.92 Å². The van der Waals surface area contributed by atoms with Crippen LogP contribution in [0.3, 0.4) is 0 Å². The molecule has 0 N–H and O–H groups in total. The van der Waals surface area contributed by atoms with Crippen molar-refractivity contribution in [1.82, 2.24) is 4.98 Å². The van der Waals surface area contributed by atoms with Gasteiger partial charge in [-0.2, -0.15) is 0 Å². The summed E-state index contributed by atoms with van der Waals surface area (Å²) in [6, 6.07) is 0. The lowest BCUT2D eigenvalue weighted by molar-refractivity contribution is 0.390. The van der Waals surface area contributed by atoms with Gasteiger partial charge in [-0.1, -0.05) is 20.8 Å². The molecule has 0 atom stereocenters. The molecule has 0 bridgehead atoms. The molecule has 0 saturated carbocycles. The van der Waals surface area contributed by atoms with E-state index < -0.39 is 0 Å². The highest BCUT2D eigenvalue weighted by Crippen LogP contribution is 2.34. The van der Waals surface area contributed by atoms with Gasteiger partial charge in [-0.05, 0) is 24.2 Å². The zero-order chi connectivity index (χ0) is 11.4. The number of hydrogen-bond donors (Lipinski definition) is 0. The second kappa shape index (κ2) is 5.40. The van der Waals surface area contributed by atoms with Gasteiger partial charge in [0.05, 0.1) is 7.11 Å². The van der Waals surface area contributed by atoms with Crippen molar-refractivity contribution in [3.8, 4) is 5.88 Å². The summed E-state index contributed by atoms with van der Waals surface area (Å²) in [7, 11) is 1.68. The standard InChI is InChI=1S/C12H19NOS/c1-6-9-11(15-5)10(8(2)3)7-13-12(9)14-4/h7-8H,6H2,1-5H3. The minimum atomic E-state index is 0.510. The van der Waals surface area contributed by atoms with Crippen LogP contribution < -0.4 is 4.74 Å². The lowest BCUT2D eigenvalue weighted by atomic mass is 10.0. The number of pyridine rings is 1. The van der Waals surface area contributed by atoms with Gasteiger partial charge in [0.1, 0.15) is 0 Å². The van der Waals surface area contributed by atoms with Crippen molar-refractivity contribution in [2.24, 2.45) is 0 Å². The SMILES string of the molecule is CCc1c(OC)ncc(C(C)C)c1SC. The lowest BCUT2D eigenvalue weighted by Gasteiger charge is -2.16. The van der Waals surface area contributed by atoms with Crippen LogP contribution >= 0.6 is 11.8 Å². The van der Waals surface area contributed by atoms with E-state index in [-0.39, 0.29) is 0 Å². The van der Waals surface area contributed by atoms with Crippen molar-refractivity contribution in [3.05, 3.63) is 17.3 Å². The van der Waals surface area contributed by atoms with Gasteiger partial charge in [0, 0.05) is 16.7 Å². The molecular weight excluding hydrogens is 206 g/mol. The maximum absolute atomic E-state index is 5.29. The van der Waals surface area contributed by atoms with Gasteiger partial charge in [0.25, 0.3) is 0 Å². The first-order valence-electron chi connectivity index (χ1n) is 5.25. The van der Waals surface area contributed by atoms with E-state index in [1.165, 1.54) is 16.0 Å². The van der Waals surface area contributed by atoms with Crippen LogP contribution in [0.15, 0.2) is 11.1 Å². The van der Waals surface area contributed by atoms with Crippen molar-refractivity contribution in [2.45, 2.75) is 38.0 Å². The fraction of sp³-hybridized carbons (Fsp3) is 0.583. The van der Waals surface area contributed by atoms with E-state index in [1.807, 2.05) is 6.20 Å². The van der Waals surface area contributed by atoms with Crippen LogP contribution in [0.4, 0.5) is 0 Å². The van der Waals surface area contributed by atoms with Crippen LogP contribution in [-0.4, -0.2) is 18.3 Å². The predicted molar refractivity (Wildman–Crippen MR) is 66.0 cm³/mol. The van der Waals surface area contributed by atoms with E-state index in [0.717, 1.165) is 12.3 Å². The maximum atomic E-state index is 5.29. The average molecular weight is 225 g/mol. The molecule has 1 heterocycles. The number of aromatic nitrogens is 1. The number of rotatable bonds is 4. The second-order valence-corrected chi connectivity index (χ2v) is 4.56. The fourth-order valence-electron chi connectivity index (χ4n) is 1.68. The molecule has 0 fully saturated rings. The summed E-state index contributed by atoms with van der Waals surface area (Å²) in [6.07, 6.45) is 5.02. The summed E-state index contributed by atoms with van der Waals surface area (Å²) in [5.41, 5.74) is 2.55. The van der Waals surface area contributed by atoms with E-state index in [2.05, 4.69) is 32.0 Å². The first kappa shape index (κ1) is 12.4. The molecule has 0 saturated heterocycles. The van der Waals surface area contributed by atoms with Crippen molar-refractivity contribution in [1.29, 1.82) is 0 Å². The summed E-state index contributed by atoms with van der Waals surface area (Å²) < 4.78 is 5.29. The number of nitrogens with zero attached hydrogens (tertiary/aromatic N) is 1. The Morgan fingerprint density at radius 3 is 2.53 bits per heavy atom. The molecule has 2 nitrogen and oxygen atoms in total. The Kier molecular flexibility index (Phi) is 4.45. The van der Waals surface area contributed by atoms with Crippen LogP contribution in [0.5, 0.6) is 5.88 Å². The Bertz CT molecular complexity index is 337. The van der Waals surface area contributed by atoms with Crippen molar-refractivity contribution in [3.63, 3.8) is 0 Å². The van der Waals surface area contributed by atoms with Crippen molar-refractivity contribution in [2.75, 3.05) is 13.4 Å². The minimum absolute atomic E-state index is 0.510. The topological polar surface area (TPSA) is 22.1 Å². The highest BCUT2D eigenvalue weighted by Gasteiger charge is 2.15. The quantitative estimate of drug-likeness (QED) is 0.732. The zero-order valence-corrected chi connectivity index (χ0v) is 10.9. The van der Waals surface area contributed by atoms with Crippen molar-refractivity contribution >= 4 is 11.8 Å². The Morgan fingerprint density at radius 1 is 1.47 bits per heavy atom. The van der Waals surface area contributed by atoms with Gasteiger partial charge in [0.15, 0.2) is 0 Å². The molecule has 0 aliphatic rings. The Morgan fingerprint density at radius 2 is 2.13 bits per heavy atom. The zero-order valence-electron chi connectivity index (χ0n) is 10.1. The van der Waals surface area contributed by atoms with Gasteiger partial charge >= 0.3 is 0 Å². The first-order valence-corrected chi connectivity index (χ1v) is 6.47. The van der Waals surface area contributed by atoms with Crippen LogP contribution in [0.25, 0.3) is 0 Å². The molecule has 1 aromatic heterocycles. The van der Waals surface area contributed by atoms with Crippen molar-refractivity contribution < 1.29 is 4.74 Å². The maximum Gasteiger partial charge on any atom is 0.217 e. The van der Waals surface area contributed by atoms with Gasteiger partial charge < -0.3 is 4.74 Å². The number of thioether (sulfide) groups is 1. The highest BCUT2D eigenvalue weighted by atomic mass is 32.2. The molecule has 84 valence electrons. The molecule has 1 aromatic rings. The summed E-state index contributed by atoms with van der Waals surface area (Å²) in [4.78, 5) is 5.70. The molecule has 15 heavy (non-hydrogen) atoms. The number of methoxy groups -OCH3 is 1. The van der Waals surface area contributed by atoms with Crippen LogP contribution in [0, 0.1) is 0 Å². The molecule has 1 rings (SSSR count). The van der Waals surface area contributed by atoms with Gasteiger partial charge in [-0.15, -0.1) is 11.8 Å². The normalized spacial score (nSPS) is 10.8.